The van der Waals surface area contributed by atoms with Crippen LogP contribution in [0.15, 0.2) is 28.7 Å². The number of hydrogen-bond donors (Lipinski definition) is 0. The van der Waals surface area contributed by atoms with Crippen LogP contribution in [0.4, 0.5) is 0 Å². The molecule has 0 saturated carbocycles. The molecule has 0 amide bonds. The van der Waals surface area contributed by atoms with Gasteiger partial charge in [0.2, 0.25) is 0 Å². The van der Waals surface area contributed by atoms with Crippen molar-refractivity contribution >= 4 is 33.6 Å². The number of rotatable bonds is 2. The minimum absolute atomic E-state index is 0.426. The molecule has 3 heteroatoms. The van der Waals surface area contributed by atoms with Gasteiger partial charge in [-0.2, -0.15) is 5.26 Å². The Balaban J connectivity index is 2.85. The summed E-state index contributed by atoms with van der Waals surface area (Å²) in [5, 5.41) is 9.02. The molecule has 0 aromatic heterocycles. The smallest absolute Gasteiger partial charge is 0.0663 e. The van der Waals surface area contributed by atoms with Gasteiger partial charge in [0.05, 0.1) is 12.5 Å². The standard InChI is InChI=1S/C10H7BrClN/c11-10-7-9(12)5-4-8(10)3-1-2-6-13/h1,3-5,7H,2H2. The highest BCUT2D eigenvalue weighted by Gasteiger charge is 1.95. The molecule has 0 bridgehead atoms. The van der Waals surface area contributed by atoms with Crippen LogP contribution in [0.2, 0.25) is 5.02 Å². The van der Waals surface area contributed by atoms with Gasteiger partial charge in [0.15, 0.2) is 0 Å². The zero-order valence-electron chi connectivity index (χ0n) is 6.80. The molecule has 0 fully saturated rings. The van der Waals surface area contributed by atoms with Crippen molar-refractivity contribution in [3.63, 3.8) is 0 Å². The molecule has 66 valence electrons. The lowest BCUT2D eigenvalue weighted by molar-refractivity contribution is 1.36. The van der Waals surface area contributed by atoms with Crippen LogP contribution in [0.25, 0.3) is 6.08 Å². The highest BCUT2D eigenvalue weighted by molar-refractivity contribution is 9.10. The second kappa shape index (κ2) is 5.06. The van der Waals surface area contributed by atoms with Crippen molar-refractivity contribution in [3.8, 4) is 6.07 Å². The zero-order valence-corrected chi connectivity index (χ0v) is 9.14. The molecular weight excluding hydrogens is 249 g/mol. The third kappa shape index (κ3) is 3.22. The van der Waals surface area contributed by atoms with Crippen LogP contribution in [0, 0.1) is 11.3 Å². The normalized spacial score (nSPS) is 10.2. The lowest BCUT2D eigenvalue weighted by Crippen LogP contribution is -1.74. The van der Waals surface area contributed by atoms with Gasteiger partial charge in [-0.15, -0.1) is 0 Å². The fourth-order valence-corrected chi connectivity index (χ4v) is 1.69. The first-order chi connectivity index (χ1) is 6.24. The van der Waals surface area contributed by atoms with Crippen molar-refractivity contribution in [2.75, 3.05) is 0 Å². The topological polar surface area (TPSA) is 23.8 Å². The molecule has 0 unspecified atom stereocenters. The maximum absolute atomic E-state index is 8.32. The maximum Gasteiger partial charge on any atom is 0.0663 e. The van der Waals surface area contributed by atoms with Crippen LogP contribution in [-0.4, -0.2) is 0 Å². The van der Waals surface area contributed by atoms with E-state index in [4.69, 9.17) is 16.9 Å². The van der Waals surface area contributed by atoms with Crippen LogP contribution in [-0.2, 0) is 0 Å². The predicted octanol–water partition coefficient (Wildman–Crippen LogP) is 4.03. The van der Waals surface area contributed by atoms with E-state index in [0.717, 1.165) is 10.0 Å². The van der Waals surface area contributed by atoms with E-state index >= 15 is 0 Å². The third-order valence-corrected chi connectivity index (χ3v) is 2.39. The molecule has 13 heavy (non-hydrogen) atoms. The van der Waals surface area contributed by atoms with Gasteiger partial charge in [-0.1, -0.05) is 45.7 Å². The Morgan fingerprint density at radius 3 is 2.92 bits per heavy atom. The number of hydrogen-bond acceptors (Lipinski definition) is 1. The summed E-state index contributed by atoms with van der Waals surface area (Å²) in [5.74, 6) is 0. The molecule has 0 radical (unpaired) electrons. The monoisotopic (exact) mass is 255 g/mol. The fraction of sp³-hybridized carbons (Fsp3) is 0.100. The maximum atomic E-state index is 8.32. The van der Waals surface area contributed by atoms with Gasteiger partial charge in [0.1, 0.15) is 0 Å². The molecule has 0 aliphatic carbocycles. The minimum atomic E-state index is 0.426. The lowest BCUT2D eigenvalue weighted by atomic mass is 10.2. The summed E-state index contributed by atoms with van der Waals surface area (Å²) < 4.78 is 0.939. The summed E-state index contributed by atoms with van der Waals surface area (Å²) in [4.78, 5) is 0. The average molecular weight is 257 g/mol. The Morgan fingerprint density at radius 2 is 2.31 bits per heavy atom. The van der Waals surface area contributed by atoms with E-state index in [1.54, 1.807) is 0 Å². The number of nitriles is 1. The van der Waals surface area contributed by atoms with Crippen LogP contribution >= 0.6 is 27.5 Å². The Morgan fingerprint density at radius 1 is 1.54 bits per heavy atom. The summed E-state index contributed by atoms with van der Waals surface area (Å²) in [6, 6.07) is 7.59. The molecule has 1 nitrogen and oxygen atoms in total. The van der Waals surface area contributed by atoms with E-state index in [-0.39, 0.29) is 0 Å². The highest BCUT2D eigenvalue weighted by Crippen LogP contribution is 2.22. The third-order valence-electron chi connectivity index (χ3n) is 1.47. The fourth-order valence-electron chi connectivity index (χ4n) is 0.875. The van der Waals surface area contributed by atoms with Gasteiger partial charge in [0.25, 0.3) is 0 Å². The molecule has 0 N–H and O–H groups in total. The largest absolute Gasteiger partial charge is 0.198 e. The molecular formula is C10H7BrClN. The first-order valence-electron chi connectivity index (χ1n) is 3.72. The summed E-state index contributed by atoms with van der Waals surface area (Å²) in [6.45, 7) is 0. The van der Waals surface area contributed by atoms with Crippen molar-refractivity contribution in [2.45, 2.75) is 6.42 Å². The number of nitrogens with zero attached hydrogens (tertiary/aromatic N) is 1. The van der Waals surface area contributed by atoms with E-state index in [1.165, 1.54) is 0 Å². The molecule has 0 aliphatic rings. The van der Waals surface area contributed by atoms with Crippen molar-refractivity contribution < 1.29 is 0 Å². The van der Waals surface area contributed by atoms with Crippen LogP contribution in [0.1, 0.15) is 12.0 Å². The Bertz CT molecular complexity index is 366. The van der Waals surface area contributed by atoms with Gasteiger partial charge in [-0.3, -0.25) is 0 Å². The molecule has 0 atom stereocenters. The average Bonchev–Trinajstić information content (AvgIpc) is 2.09. The number of benzene rings is 1. The summed E-state index contributed by atoms with van der Waals surface area (Å²) in [7, 11) is 0. The number of halogens is 2. The zero-order chi connectivity index (χ0) is 9.68. The van der Waals surface area contributed by atoms with Gasteiger partial charge in [-0.05, 0) is 17.7 Å². The molecule has 1 aromatic carbocycles. The summed E-state index contributed by atoms with van der Waals surface area (Å²) in [6.07, 6.45) is 4.13. The Labute approximate surface area is 90.8 Å². The van der Waals surface area contributed by atoms with Crippen molar-refractivity contribution in [1.29, 1.82) is 5.26 Å². The minimum Gasteiger partial charge on any atom is -0.198 e. The molecule has 1 rings (SSSR count). The van der Waals surface area contributed by atoms with Gasteiger partial charge in [0, 0.05) is 9.50 Å². The molecule has 0 aliphatic heterocycles. The summed E-state index contributed by atoms with van der Waals surface area (Å²) >= 11 is 9.15. The van der Waals surface area contributed by atoms with Crippen molar-refractivity contribution in [3.05, 3.63) is 39.3 Å². The SMILES string of the molecule is N#CCC=Cc1ccc(Cl)cc1Br. The van der Waals surface area contributed by atoms with E-state index < -0.39 is 0 Å². The van der Waals surface area contributed by atoms with Crippen LogP contribution < -0.4 is 0 Å². The predicted molar refractivity (Wildman–Crippen MR) is 58.4 cm³/mol. The van der Waals surface area contributed by atoms with Crippen molar-refractivity contribution in [2.24, 2.45) is 0 Å². The van der Waals surface area contributed by atoms with Crippen molar-refractivity contribution in [1.82, 2.24) is 0 Å². The van der Waals surface area contributed by atoms with Gasteiger partial charge < -0.3 is 0 Å². The second-order valence-electron chi connectivity index (χ2n) is 2.43. The second-order valence-corrected chi connectivity index (χ2v) is 3.72. The van der Waals surface area contributed by atoms with Crippen LogP contribution in [0.3, 0.4) is 0 Å². The molecule has 0 spiro atoms. The molecule has 0 heterocycles. The Kier molecular flexibility index (Phi) is 4.01. The molecule has 0 saturated heterocycles. The summed E-state index contributed by atoms with van der Waals surface area (Å²) in [5.41, 5.74) is 1.03. The number of allylic oxidation sites excluding steroid dienone is 1. The van der Waals surface area contributed by atoms with Gasteiger partial charge in [-0.25, -0.2) is 0 Å². The Hall–Kier alpha value is -0.780. The molecule has 1 aromatic rings. The first-order valence-corrected chi connectivity index (χ1v) is 4.89. The van der Waals surface area contributed by atoms with Crippen LogP contribution in [0.5, 0.6) is 0 Å². The van der Waals surface area contributed by atoms with E-state index in [0.29, 0.717) is 11.4 Å². The van der Waals surface area contributed by atoms with Gasteiger partial charge >= 0.3 is 0 Å². The highest BCUT2D eigenvalue weighted by atomic mass is 79.9. The first kappa shape index (κ1) is 10.3. The van der Waals surface area contributed by atoms with E-state index in [2.05, 4.69) is 15.9 Å². The lowest BCUT2D eigenvalue weighted by Gasteiger charge is -1.97. The van der Waals surface area contributed by atoms with E-state index in [1.807, 2.05) is 36.4 Å². The quantitative estimate of drug-likeness (QED) is 0.784. The van der Waals surface area contributed by atoms with E-state index in [9.17, 15) is 0 Å².